The normalized spacial score (nSPS) is 14.3. The van der Waals surface area contributed by atoms with Gasteiger partial charge >= 0.3 is 11.8 Å². The third kappa shape index (κ3) is 5.37. The fourth-order valence-corrected chi connectivity index (χ4v) is 3.26. The van der Waals surface area contributed by atoms with Gasteiger partial charge in [0.2, 0.25) is 0 Å². The number of piperidine rings is 1. The Hall–Kier alpha value is -3.29. The van der Waals surface area contributed by atoms with Crippen LogP contribution in [0.15, 0.2) is 47.3 Å². The monoisotopic (exact) mass is 398 g/mol. The number of furan rings is 1. The van der Waals surface area contributed by atoms with E-state index in [2.05, 4.69) is 10.6 Å². The van der Waals surface area contributed by atoms with Crippen molar-refractivity contribution < 1.29 is 18.8 Å². The highest BCUT2D eigenvalue weighted by molar-refractivity contribution is 6.39. The Labute approximate surface area is 169 Å². The van der Waals surface area contributed by atoms with Crippen molar-refractivity contribution in [3.63, 3.8) is 0 Å². The van der Waals surface area contributed by atoms with E-state index in [0.29, 0.717) is 30.9 Å². The first kappa shape index (κ1) is 20.4. The number of amides is 3. The lowest BCUT2D eigenvalue weighted by molar-refractivity contribution is -0.136. The summed E-state index contributed by atoms with van der Waals surface area (Å²) in [5.41, 5.74) is 2.12. The molecular formula is C21H26N4O4. The molecule has 1 saturated heterocycles. The van der Waals surface area contributed by atoms with Crippen molar-refractivity contribution in [2.75, 3.05) is 43.9 Å². The van der Waals surface area contributed by atoms with Crippen LogP contribution in [0.25, 0.3) is 0 Å². The molecule has 2 N–H and O–H groups in total. The first-order valence-corrected chi connectivity index (χ1v) is 9.62. The Morgan fingerprint density at radius 2 is 1.76 bits per heavy atom. The summed E-state index contributed by atoms with van der Waals surface area (Å²) in [6, 6.07) is 8.90. The van der Waals surface area contributed by atoms with Crippen LogP contribution >= 0.6 is 0 Å². The highest BCUT2D eigenvalue weighted by atomic mass is 16.3. The molecule has 8 heteroatoms. The van der Waals surface area contributed by atoms with Crippen molar-refractivity contribution >= 4 is 29.1 Å². The van der Waals surface area contributed by atoms with Gasteiger partial charge in [-0.05, 0) is 49.1 Å². The minimum absolute atomic E-state index is 0.0408. The zero-order chi connectivity index (χ0) is 20.8. The molecule has 1 aromatic carbocycles. The second-order valence-corrected chi connectivity index (χ2v) is 7.35. The van der Waals surface area contributed by atoms with E-state index in [1.807, 2.05) is 31.1 Å². The Bertz CT molecular complexity index is 838. The molecule has 0 atom stereocenters. The number of likely N-dealkylation sites (tertiary alicyclic amines) is 1. The van der Waals surface area contributed by atoms with E-state index in [0.717, 1.165) is 18.5 Å². The summed E-state index contributed by atoms with van der Waals surface area (Å²) in [5.74, 6) is -1.14. The summed E-state index contributed by atoms with van der Waals surface area (Å²) in [4.78, 5) is 40.2. The average Bonchev–Trinajstić information content (AvgIpc) is 3.27. The van der Waals surface area contributed by atoms with Gasteiger partial charge in [0.25, 0.3) is 5.91 Å². The SMILES string of the molecule is CN(C)c1ccc(NC(=O)C(=O)NCC2CCN(C(=O)c3ccoc3)CC2)cc1. The third-order valence-corrected chi connectivity index (χ3v) is 5.07. The zero-order valence-corrected chi connectivity index (χ0v) is 16.7. The third-order valence-electron chi connectivity index (χ3n) is 5.07. The molecule has 2 heterocycles. The molecule has 8 nitrogen and oxygen atoms in total. The van der Waals surface area contributed by atoms with E-state index in [1.165, 1.54) is 12.5 Å². The van der Waals surface area contributed by atoms with Gasteiger partial charge in [0.15, 0.2) is 0 Å². The van der Waals surface area contributed by atoms with Crippen LogP contribution in [0.5, 0.6) is 0 Å². The van der Waals surface area contributed by atoms with E-state index in [1.54, 1.807) is 23.1 Å². The molecule has 1 aliphatic heterocycles. The van der Waals surface area contributed by atoms with Gasteiger partial charge in [-0.15, -0.1) is 0 Å². The smallest absolute Gasteiger partial charge is 0.313 e. The van der Waals surface area contributed by atoms with Gasteiger partial charge in [0, 0.05) is 45.1 Å². The summed E-state index contributed by atoms with van der Waals surface area (Å²) < 4.78 is 4.96. The van der Waals surface area contributed by atoms with Gasteiger partial charge in [0.1, 0.15) is 6.26 Å². The fraction of sp³-hybridized carbons (Fsp3) is 0.381. The Kier molecular flexibility index (Phi) is 6.54. The standard InChI is InChI=1S/C21H26N4O4/c1-24(2)18-5-3-17(4-6-18)23-20(27)19(26)22-13-15-7-10-25(11-8-15)21(28)16-9-12-29-14-16/h3-6,9,12,14-15H,7-8,10-11,13H2,1-2H3,(H,22,26)(H,23,27). The van der Waals surface area contributed by atoms with E-state index >= 15 is 0 Å². The van der Waals surface area contributed by atoms with Crippen LogP contribution in [0.2, 0.25) is 0 Å². The van der Waals surface area contributed by atoms with E-state index in [-0.39, 0.29) is 11.8 Å². The van der Waals surface area contributed by atoms with Gasteiger partial charge in [-0.25, -0.2) is 0 Å². The molecule has 29 heavy (non-hydrogen) atoms. The highest BCUT2D eigenvalue weighted by Gasteiger charge is 2.25. The number of anilines is 2. The molecule has 0 bridgehead atoms. The molecule has 1 fully saturated rings. The van der Waals surface area contributed by atoms with Crippen LogP contribution in [0.3, 0.4) is 0 Å². The minimum atomic E-state index is -0.685. The maximum atomic E-state index is 12.3. The number of nitrogens with zero attached hydrogens (tertiary/aromatic N) is 2. The summed E-state index contributed by atoms with van der Waals surface area (Å²) in [5, 5.41) is 5.30. The Balaban J connectivity index is 1.40. The highest BCUT2D eigenvalue weighted by Crippen LogP contribution is 2.19. The van der Waals surface area contributed by atoms with Crippen molar-refractivity contribution in [2.24, 2.45) is 5.92 Å². The predicted molar refractivity (Wildman–Crippen MR) is 110 cm³/mol. The molecule has 0 saturated carbocycles. The molecule has 1 aliphatic rings. The van der Waals surface area contributed by atoms with Gasteiger partial charge in [-0.2, -0.15) is 0 Å². The number of carbonyl (C=O) groups excluding carboxylic acids is 3. The second-order valence-electron chi connectivity index (χ2n) is 7.35. The van der Waals surface area contributed by atoms with Gasteiger partial charge < -0.3 is 24.9 Å². The molecule has 0 radical (unpaired) electrons. The predicted octanol–water partition coefficient (Wildman–Crippen LogP) is 1.95. The maximum absolute atomic E-state index is 12.3. The number of hydrogen-bond acceptors (Lipinski definition) is 5. The van der Waals surface area contributed by atoms with E-state index < -0.39 is 11.8 Å². The second kappa shape index (κ2) is 9.27. The summed E-state index contributed by atoms with van der Waals surface area (Å²) in [6.07, 6.45) is 4.48. The first-order valence-electron chi connectivity index (χ1n) is 9.62. The largest absolute Gasteiger partial charge is 0.472 e. The molecule has 0 unspecified atom stereocenters. The maximum Gasteiger partial charge on any atom is 0.313 e. The lowest BCUT2D eigenvalue weighted by Crippen LogP contribution is -2.43. The number of carbonyl (C=O) groups is 3. The lowest BCUT2D eigenvalue weighted by atomic mass is 9.96. The summed E-state index contributed by atoms with van der Waals surface area (Å²) in [7, 11) is 3.86. The Morgan fingerprint density at radius 3 is 2.34 bits per heavy atom. The van der Waals surface area contributed by atoms with Gasteiger partial charge in [-0.1, -0.05) is 0 Å². The number of rotatable bonds is 5. The van der Waals surface area contributed by atoms with E-state index in [9.17, 15) is 14.4 Å². The lowest BCUT2D eigenvalue weighted by Gasteiger charge is -2.31. The number of benzene rings is 1. The number of hydrogen-bond donors (Lipinski definition) is 2. The Morgan fingerprint density at radius 1 is 1.07 bits per heavy atom. The van der Waals surface area contributed by atoms with Gasteiger partial charge in [-0.3, -0.25) is 14.4 Å². The fourth-order valence-electron chi connectivity index (χ4n) is 3.26. The van der Waals surface area contributed by atoms with E-state index in [4.69, 9.17) is 4.42 Å². The minimum Gasteiger partial charge on any atom is -0.472 e. The van der Waals surface area contributed by atoms with Crippen molar-refractivity contribution in [2.45, 2.75) is 12.8 Å². The summed E-state index contributed by atoms with van der Waals surface area (Å²) in [6.45, 7) is 1.66. The van der Waals surface area contributed by atoms with Gasteiger partial charge in [0.05, 0.1) is 11.8 Å². The van der Waals surface area contributed by atoms with Crippen molar-refractivity contribution in [3.8, 4) is 0 Å². The zero-order valence-electron chi connectivity index (χ0n) is 16.7. The van der Waals surface area contributed by atoms with Crippen molar-refractivity contribution in [1.29, 1.82) is 0 Å². The van der Waals surface area contributed by atoms with Crippen LogP contribution in [-0.4, -0.2) is 56.4 Å². The molecule has 3 amide bonds. The first-order chi connectivity index (χ1) is 13.9. The van der Waals surface area contributed by atoms with Crippen LogP contribution < -0.4 is 15.5 Å². The molecule has 3 rings (SSSR count). The summed E-state index contributed by atoms with van der Waals surface area (Å²) >= 11 is 0. The van der Waals surface area contributed by atoms with Crippen LogP contribution in [0.4, 0.5) is 11.4 Å². The topological polar surface area (TPSA) is 94.9 Å². The van der Waals surface area contributed by atoms with Crippen molar-refractivity contribution in [1.82, 2.24) is 10.2 Å². The average molecular weight is 398 g/mol. The molecule has 1 aromatic heterocycles. The van der Waals surface area contributed by atoms with Crippen LogP contribution in [-0.2, 0) is 9.59 Å². The molecule has 154 valence electrons. The molecule has 0 spiro atoms. The van der Waals surface area contributed by atoms with Crippen LogP contribution in [0.1, 0.15) is 23.2 Å². The molecule has 2 aromatic rings. The molecular weight excluding hydrogens is 372 g/mol. The molecule has 0 aliphatic carbocycles. The van der Waals surface area contributed by atoms with Crippen LogP contribution in [0, 0.1) is 5.92 Å². The van der Waals surface area contributed by atoms with Crippen molar-refractivity contribution in [3.05, 3.63) is 48.4 Å². The number of nitrogens with one attached hydrogen (secondary N) is 2. The quantitative estimate of drug-likeness (QED) is 0.751.